The number of anilines is 1. The molecule has 4 rings (SSSR count). The molecule has 0 radical (unpaired) electrons. The molecular formula is C20H14BrN3O4. The Balaban J connectivity index is 1.42. The third kappa shape index (κ3) is 3.67. The van der Waals surface area contributed by atoms with E-state index >= 15 is 0 Å². The van der Waals surface area contributed by atoms with Gasteiger partial charge in [-0.2, -0.15) is 5.10 Å². The first-order chi connectivity index (χ1) is 13.6. The van der Waals surface area contributed by atoms with Crippen LogP contribution in [0.25, 0.3) is 10.8 Å². The first kappa shape index (κ1) is 18.0. The van der Waals surface area contributed by atoms with Gasteiger partial charge in [0, 0.05) is 21.1 Å². The maximum absolute atomic E-state index is 12.2. The van der Waals surface area contributed by atoms with E-state index in [0.717, 1.165) is 15.2 Å². The highest BCUT2D eigenvalue weighted by Gasteiger charge is 2.16. The monoisotopic (exact) mass is 439 g/mol. The van der Waals surface area contributed by atoms with E-state index in [-0.39, 0.29) is 6.79 Å². The molecule has 0 aliphatic carbocycles. The van der Waals surface area contributed by atoms with E-state index in [2.05, 4.69) is 31.8 Å². The lowest BCUT2D eigenvalue weighted by Gasteiger charge is -2.07. The average molecular weight is 440 g/mol. The number of hydrogen-bond donors (Lipinski definition) is 2. The number of hydrazone groups is 1. The van der Waals surface area contributed by atoms with Gasteiger partial charge in [0.15, 0.2) is 11.5 Å². The van der Waals surface area contributed by atoms with Crippen LogP contribution >= 0.6 is 15.9 Å². The topological polar surface area (TPSA) is 89.0 Å². The third-order valence-corrected chi connectivity index (χ3v) is 4.79. The van der Waals surface area contributed by atoms with Crippen molar-refractivity contribution < 1.29 is 19.1 Å². The van der Waals surface area contributed by atoms with E-state index in [1.807, 2.05) is 36.4 Å². The number of amides is 2. The number of fused-ring (bicyclic) bond motifs is 2. The van der Waals surface area contributed by atoms with Crippen molar-refractivity contribution in [3.63, 3.8) is 0 Å². The van der Waals surface area contributed by atoms with E-state index in [9.17, 15) is 9.59 Å². The lowest BCUT2D eigenvalue weighted by molar-refractivity contribution is -0.136. The number of nitrogens with one attached hydrogen (secondary N) is 2. The summed E-state index contributed by atoms with van der Waals surface area (Å²) in [6.07, 6.45) is 1.41. The zero-order valence-corrected chi connectivity index (χ0v) is 16.0. The van der Waals surface area contributed by atoms with Gasteiger partial charge in [-0.1, -0.05) is 36.4 Å². The summed E-state index contributed by atoms with van der Waals surface area (Å²) in [7, 11) is 0. The van der Waals surface area contributed by atoms with Gasteiger partial charge in [-0.15, -0.1) is 0 Å². The van der Waals surface area contributed by atoms with E-state index < -0.39 is 11.8 Å². The first-order valence-electron chi connectivity index (χ1n) is 8.33. The van der Waals surface area contributed by atoms with E-state index in [0.29, 0.717) is 22.7 Å². The van der Waals surface area contributed by atoms with Crippen LogP contribution < -0.4 is 20.2 Å². The van der Waals surface area contributed by atoms with Gasteiger partial charge in [0.25, 0.3) is 0 Å². The van der Waals surface area contributed by atoms with Crippen molar-refractivity contribution in [3.8, 4) is 11.5 Å². The molecule has 0 unspecified atom stereocenters. The number of carbonyl (C=O) groups excluding carboxylic acids is 2. The van der Waals surface area contributed by atoms with Crippen LogP contribution in [0.1, 0.15) is 5.56 Å². The molecule has 1 aliphatic rings. The molecule has 1 heterocycles. The standard InChI is InChI=1S/C20H14BrN3O4/c21-15-9-18-17(27-11-28-18)8-13(15)10-22-24-20(26)19(25)23-16-7-3-5-12-4-1-2-6-14(12)16/h1-10H,11H2,(H,23,25)(H,24,26). The van der Waals surface area contributed by atoms with Gasteiger partial charge in [-0.25, -0.2) is 5.43 Å². The predicted octanol–water partition coefficient (Wildman–Crippen LogP) is 3.42. The number of carbonyl (C=O) groups is 2. The molecule has 3 aromatic carbocycles. The number of hydrogen-bond acceptors (Lipinski definition) is 5. The lowest BCUT2D eigenvalue weighted by Crippen LogP contribution is -2.32. The molecule has 0 bridgehead atoms. The van der Waals surface area contributed by atoms with Gasteiger partial charge in [-0.3, -0.25) is 9.59 Å². The van der Waals surface area contributed by atoms with Gasteiger partial charge >= 0.3 is 11.8 Å². The normalized spacial score (nSPS) is 12.3. The molecular weight excluding hydrogens is 426 g/mol. The van der Waals surface area contributed by atoms with Crippen LogP contribution in [0.15, 0.2) is 64.2 Å². The number of rotatable bonds is 3. The lowest BCUT2D eigenvalue weighted by atomic mass is 10.1. The Kier molecular flexibility index (Phi) is 4.94. The van der Waals surface area contributed by atoms with Crippen LogP contribution in [-0.2, 0) is 9.59 Å². The molecule has 28 heavy (non-hydrogen) atoms. The van der Waals surface area contributed by atoms with E-state index in [1.54, 1.807) is 18.2 Å². The molecule has 7 nitrogen and oxygen atoms in total. The van der Waals surface area contributed by atoms with E-state index in [1.165, 1.54) is 6.21 Å². The van der Waals surface area contributed by atoms with Crippen LogP contribution in [0.3, 0.4) is 0 Å². The van der Waals surface area contributed by atoms with Crippen molar-refractivity contribution in [2.24, 2.45) is 5.10 Å². The van der Waals surface area contributed by atoms with Crippen molar-refractivity contribution in [3.05, 3.63) is 64.6 Å². The molecule has 8 heteroatoms. The highest BCUT2D eigenvalue weighted by atomic mass is 79.9. The molecule has 0 spiro atoms. The Morgan fingerprint density at radius 1 is 1.00 bits per heavy atom. The molecule has 0 fully saturated rings. The number of halogens is 1. The number of nitrogens with zero attached hydrogens (tertiary/aromatic N) is 1. The maximum atomic E-state index is 12.2. The van der Waals surface area contributed by atoms with Crippen molar-refractivity contribution >= 4 is 50.4 Å². The quantitative estimate of drug-likeness (QED) is 0.371. The largest absolute Gasteiger partial charge is 0.454 e. The predicted molar refractivity (Wildman–Crippen MR) is 109 cm³/mol. The summed E-state index contributed by atoms with van der Waals surface area (Å²) in [5.74, 6) is -0.466. The molecule has 1 aliphatic heterocycles. The van der Waals surface area contributed by atoms with Gasteiger partial charge < -0.3 is 14.8 Å². The second-order valence-corrected chi connectivity index (χ2v) is 6.76. The van der Waals surface area contributed by atoms with Crippen LogP contribution in [0.4, 0.5) is 5.69 Å². The van der Waals surface area contributed by atoms with Crippen molar-refractivity contribution in [2.75, 3.05) is 12.1 Å². The molecule has 2 amide bonds. The summed E-state index contributed by atoms with van der Waals surface area (Å²) in [5, 5.41) is 8.26. The SMILES string of the molecule is O=C(NN=Cc1cc2c(cc1Br)OCO2)C(=O)Nc1cccc2ccccc12. The molecule has 0 saturated carbocycles. The Bertz CT molecular complexity index is 1110. The summed E-state index contributed by atoms with van der Waals surface area (Å²) >= 11 is 3.39. The smallest absolute Gasteiger partial charge is 0.329 e. The van der Waals surface area contributed by atoms with E-state index in [4.69, 9.17) is 9.47 Å². The van der Waals surface area contributed by atoms with Crippen molar-refractivity contribution in [1.82, 2.24) is 5.43 Å². The first-order valence-corrected chi connectivity index (χ1v) is 9.12. The minimum Gasteiger partial charge on any atom is -0.454 e. The van der Waals surface area contributed by atoms with Gasteiger partial charge in [0.1, 0.15) is 0 Å². The molecule has 0 atom stereocenters. The Morgan fingerprint density at radius 2 is 1.75 bits per heavy atom. The van der Waals surface area contributed by atoms with Crippen LogP contribution in [0, 0.1) is 0 Å². The Morgan fingerprint density at radius 3 is 2.61 bits per heavy atom. The second kappa shape index (κ2) is 7.69. The molecule has 3 aromatic rings. The van der Waals surface area contributed by atoms with Crippen molar-refractivity contribution in [1.29, 1.82) is 0 Å². The molecule has 0 aromatic heterocycles. The van der Waals surface area contributed by atoms with Crippen LogP contribution in [0.2, 0.25) is 0 Å². The number of benzene rings is 3. The summed E-state index contributed by atoms with van der Waals surface area (Å²) in [5.41, 5.74) is 3.44. The third-order valence-electron chi connectivity index (χ3n) is 4.11. The number of ether oxygens (including phenoxy) is 2. The highest BCUT2D eigenvalue weighted by molar-refractivity contribution is 9.10. The molecule has 2 N–H and O–H groups in total. The summed E-state index contributed by atoms with van der Waals surface area (Å²) in [6.45, 7) is 0.160. The highest BCUT2D eigenvalue weighted by Crippen LogP contribution is 2.36. The summed E-state index contributed by atoms with van der Waals surface area (Å²) in [4.78, 5) is 24.2. The fraction of sp³-hybridized carbons (Fsp3) is 0.0500. The fourth-order valence-electron chi connectivity index (χ4n) is 2.76. The van der Waals surface area contributed by atoms with Crippen LogP contribution in [0.5, 0.6) is 11.5 Å². The Labute approximate surface area is 168 Å². The minimum absolute atomic E-state index is 0.160. The van der Waals surface area contributed by atoms with Gasteiger partial charge in [0.2, 0.25) is 6.79 Å². The minimum atomic E-state index is -0.874. The van der Waals surface area contributed by atoms with Gasteiger partial charge in [0.05, 0.1) is 6.21 Å². The zero-order valence-electron chi connectivity index (χ0n) is 14.4. The second-order valence-electron chi connectivity index (χ2n) is 5.91. The molecule has 140 valence electrons. The zero-order chi connectivity index (χ0) is 19.5. The Hall–Kier alpha value is -3.39. The average Bonchev–Trinajstić information content (AvgIpc) is 3.15. The summed E-state index contributed by atoms with van der Waals surface area (Å²) < 4.78 is 11.3. The summed E-state index contributed by atoms with van der Waals surface area (Å²) in [6, 6.07) is 16.5. The van der Waals surface area contributed by atoms with Crippen LogP contribution in [-0.4, -0.2) is 24.8 Å². The fourth-order valence-corrected chi connectivity index (χ4v) is 3.18. The van der Waals surface area contributed by atoms with Crippen molar-refractivity contribution in [2.45, 2.75) is 0 Å². The maximum Gasteiger partial charge on any atom is 0.329 e. The van der Waals surface area contributed by atoms with Gasteiger partial charge in [-0.05, 0) is 39.5 Å². The molecule has 0 saturated heterocycles.